The van der Waals surface area contributed by atoms with E-state index in [1.807, 2.05) is 13.0 Å². The number of hydrogen-bond acceptors (Lipinski definition) is 7. The predicted molar refractivity (Wildman–Crippen MR) is 131 cm³/mol. The van der Waals surface area contributed by atoms with Gasteiger partial charge in [0.1, 0.15) is 11.9 Å². The molecule has 0 bridgehead atoms. The van der Waals surface area contributed by atoms with Crippen molar-refractivity contribution in [2.75, 3.05) is 43.5 Å². The van der Waals surface area contributed by atoms with Crippen molar-refractivity contribution in [3.63, 3.8) is 0 Å². The summed E-state index contributed by atoms with van der Waals surface area (Å²) >= 11 is 12.4. The van der Waals surface area contributed by atoms with E-state index in [4.69, 9.17) is 32.9 Å². The summed E-state index contributed by atoms with van der Waals surface area (Å²) in [4.78, 5) is 37.3. The molecule has 0 saturated carbocycles. The molecule has 0 aliphatic carbocycles. The molecule has 0 unspecified atom stereocenters. The fourth-order valence-electron chi connectivity index (χ4n) is 4.22. The van der Waals surface area contributed by atoms with Crippen LogP contribution in [0.3, 0.4) is 0 Å². The highest BCUT2D eigenvalue weighted by atomic mass is 35.5. The van der Waals surface area contributed by atoms with Gasteiger partial charge in [-0.05, 0) is 31.0 Å². The number of carbonyl (C=O) groups is 2. The number of anilines is 2. The number of hydrogen-bond donors (Lipinski definition) is 2. The van der Waals surface area contributed by atoms with Crippen LogP contribution in [0.1, 0.15) is 36.9 Å². The van der Waals surface area contributed by atoms with Crippen LogP contribution in [0.25, 0.3) is 0 Å². The molecule has 0 spiro atoms. The molecule has 182 valence electrons. The van der Waals surface area contributed by atoms with Gasteiger partial charge in [-0.3, -0.25) is 9.59 Å². The van der Waals surface area contributed by atoms with E-state index < -0.39 is 6.04 Å². The molecular formula is C23H28Cl2N6O3. The van der Waals surface area contributed by atoms with Gasteiger partial charge in [-0.2, -0.15) is 4.98 Å². The lowest BCUT2D eigenvalue weighted by Gasteiger charge is -2.36. The summed E-state index contributed by atoms with van der Waals surface area (Å²) in [5, 5.41) is 7.34. The van der Waals surface area contributed by atoms with Crippen molar-refractivity contribution in [3.8, 4) is 0 Å². The maximum absolute atomic E-state index is 12.7. The third-order valence-corrected chi connectivity index (χ3v) is 6.66. The molecule has 9 nitrogen and oxygen atoms in total. The molecule has 2 N–H and O–H groups in total. The third-order valence-electron chi connectivity index (χ3n) is 6.10. The zero-order valence-electron chi connectivity index (χ0n) is 19.2. The zero-order valence-corrected chi connectivity index (χ0v) is 20.7. The maximum atomic E-state index is 12.7. The summed E-state index contributed by atoms with van der Waals surface area (Å²) in [6.07, 6.45) is 2.73. The number of piperazine rings is 1. The molecular weight excluding hydrogens is 479 g/mol. The Balaban J connectivity index is 1.45. The molecule has 4 rings (SSSR count). The maximum Gasteiger partial charge on any atom is 0.245 e. The average molecular weight is 507 g/mol. The summed E-state index contributed by atoms with van der Waals surface area (Å²) in [6.45, 7) is 4.67. The highest BCUT2D eigenvalue weighted by Gasteiger charge is 2.32. The molecule has 0 radical (unpaired) electrons. The van der Waals surface area contributed by atoms with E-state index in [1.165, 1.54) is 0 Å². The average Bonchev–Trinajstić information content (AvgIpc) is 3.26. The van der Waals surface area contributed by atoms with Crippen LogP contribution in [0.5, 0.6) is 0 Å². The van der Waals surface area contributed by atoms with Gasteiger partial charge >= 0.3 is 0 Å². The summed E-state index contributed by atoms with van der Waals surface area (Å²) in [6, 6.07) is 4.89. The molecule has 2 atom stereocenters. The summed E-state index contributed by atoms with van der Waals surface area (Å²) < 4.78 is 5.33. The van der Waals surface area contributed by atoms with E-state index >= 15 is 0 Å². The Bertz CT molecular complexity index is 1060. The molecule has 2 saturated heterocycles. The van der Waals surface area contributed by atoms with E-state index in [0.717, 1.165) is 11.1 Å². The molecule has 2 aliphatic rings. The number of nitrogens with zero attached hydrogens (tertiary/aromatic N) is 4. The minimum Gasteiger partial charge on any atom is -0.380 e. The van der Waals surface area contributed by atoms with Crippen molar-refractivity contribution >= 4 is 46.8 Å². The standard InChI is InChI=1S/C23H28Cl2N6O3/c1-14(17-4-3-16(24)11-18(17)25)27-21-15(13-34-2)12-26-23(29-21)31-9-7-30(8-10-31)22(33)19-5-6-20(32)28-19/h3-4,11-12,14,19H,5-10,13H2,1-2H3,(H,28,32)(H,26,27,29)/t14-,19-/m1/s1. The molecule has 2 aromatic rings. The second kappa shape index (κ2) is 10.8. The van der Waals surface area contributed by atoms with E-state index in [0.29, 0.717) is 67.4 Å². The fraction of sp³-hybridized carbons (Fsp3) is 0.478. The number of halogens is 2. The van der Waals surface area contributed by atoms with Crippen LogP contribution in [-0.2, 0) is 20.9 Å². The molecule has 2 aliphatic heterocycles. The van der Waals surface area contributed by atoms with Crippen molar-refractivity contribution in [3.05, 3.63) is 45.6 Å². The van der Waals surface area contributed by atoms with Crippen LogP contribution in [0.2, 0.25) is 10.0 Å². The van der Waals surface area contributed by atoms with Crippen LogP contribution in [0, 0.1) is 0 Å². The van der Waals surface area contributed by atoms with E-state index in [1.54, 1.807) is 30.3 Å². The van der Waals surface area contributed by atoms with Crippen molar-refractivity contribution < 1.29 is 14.3 Å². The number of ether oxygens (including phenoxy) is 1. The third kappa shape index (κ3) is 5.54. The molecule has 2 amide bonds. The molecule has 1 aromatic carbocycles. The molecule has 34 heavy (non-hydrogen) atoms. The first-order valence-electron chi connectivity index (χ1n) is 11.2. The Kier molecular flexibility index (Phi) is 7.75. The van der Waals surface area contributed by atoms with Crippen molar-refractivity contribution in [2.24, 2.45) is 0 Å². The normalized spacial score (nSPS) is 19.2. The first kappa shape index (κ1) is 24.5. The second-order valence-electron chi connectivity index (χ2n) is 8.48. The van der Waals surface area contributed by atoms with Gasteiger partial charge in [0.2, 0.25) is 17.8 Å². The topological polar surface area (TPSA) is 99.7 Å². The quantitative estimate of drug-likeness (QED) is 0.595. The number of aromatic nitrogens is 2. The first-order chi connectivity index (χ1) is 16.4. The summed E-state index contributed by atoms with van der Waals surface area (Å²) in [7, 11) is 1.63. The van der Waals surface area contributed by atoms with Crippen molar-refractivity contribution in [1.82, 2.24) is 20.2 Å². The van der Waals surface area contributed by atoms with Gasteiger partial charge in [0.05, 0.1) is 12.6 Å². The van der Waals surface area contributed by atoms with E-state index in [2.05, 4.69) is 20.5 Å². The number of rotatable bonds is 7. The van der Waals surface area contributed by atoms with Crippen LogP contribution in [0.4, 0.5) is 11.8 Å². The Morgan fingerprint density at radius 2 is 2.06 bits per heavy atom. The summed E-state index contributed by atoms with van der Waals surface area (Å²) in [5.41, 5.74) is 1.73. The number of methoxy groups -OCH3 is 1. The smallest absolute Gasteiger partial charge is 0.245 e. The van der Waals surface area contributed by atoms with Gasteiger partial charge in [-0.25, -0.2) is 4.98 Å². The van der Waals surface area contributed by atoms with Crippen LogP contribution in [-0.4, -0.2) is 66.0 Å². The minimum atomic E-state index is -0.402. The Morgan fingerprint density at radius 1 is 1.29 bits per heavy atom. The Morgan fingerprint density at radius 3 is 2.71 bits per heavy atom. The van der Waals surface area contributed by atoms with E-state index in [-0.39, 0.29) is 17.9 Å². The SMILES string of the molecule is COCc1cnc(N2CCN(C(=O)[C@H]3CCC(=O)N3)CC2)nc1N[C@H](C)c1ccc(Cl)cc1Cl. The Labute approximate surface area is 208 Å². The number of nitrogens with one attached hydrogen (secondary N) is 2. The molecule has 3 heterocycles. The number of benzene rings is 1. The van der Waals surface area contributed by atoms with Gasteiger partial charge in [0.15, 0.2) is 0 Å². The number of amides is 2. The lowest BCUT2D eigenvalue weighted by Crippen LogP contribution is -2.53. The molecule has 11 heteroatoms. The van der Waals surface area contributed by atoms with Gasteiger partial charge in [0.25, 0.3) is 0 Å². The van der Waals surface area contributed by atoms with Gasteiger partial charge in [0, 0.05) is 61.5 Å². The highest BCUT2D eigenvalue weighted by Crippen LogP contribution is 2.29. The lowest BCUT2D eigenvalue weighted by molar-refractivity contribution is -0.134. The Hall–Kier alpha value is -2.62. The van der Waals surface area contributed by atoms with Gasteiger partial charge in [-0.15, -0.1) is 0 Å². The highest BCUT2D eigenvalue weighted by molar-refractivity contribution is 6.35. The van der Waals surface area contributed by atoms with Crippen LogP contribution < -0.4 is 15.5 Å². The summed E-state index contributed by atoms with van der Waals surface area (Å²) in [5.74, 6) is 1.17. The lowest BCUT2D eigenvalue weighted by atomic mass is 10.1. The predicted octanol–water partition coefficient (Wildman–Crippen LogP) is 3.03. The van der Waals surface area contributed by atoms with Gasteiger partial charge < -0.3 is 25.2 Å². The van der Waals surface area contributed by atoms with Crippen molar-refractivity contribution in [1.29, 1.82) is 0 Å². The molecule has 1 aromatic heterocycles. The zero-order chi connectivity index (χ0) is 24.2. The minimum absolute atomic E-state index is 0.0158. The van der Waals surface area contributed by atoms with Gasteiger partial charge in [-0.1, -0.05) is 29.3 Å². The fourth-order valence-corrected chi connectivity index (χ4v) is 4.79. The number of carbonyl (C=O) groups excluding carboxylic acids is 2. The van der Waals surface area contributed by atoms with E-state index in [9.17, 15) is 9.59 Å². The largest absolute Gasteiger partial charge is 0.380 e. The molecule has 2 fully saturated rings. The van der Waals surface area contributed by atoms with Crippen molar-refractivity contribution in [2.45, 2.75) is 38.5 Å². The second-order valence-corrected chi connectivity index (χ2v) is 9.32. The first-order valence-corrected chi connectivity index (χ1v) is 12.0. The van der Waals surface area contributed by atoms with Crippen LogP contribution >= 0.6 is 23.2 Å². The monoisotopic (exact) mass is 506 g/mol. The van der Waals surface area contributed by atoms with Crippen LogP contribution in [0.15, 0.2) is 24.4 Å².